The van der Waals surface area contributed by atoms with Gasteiger partial charge in [0.05, 0.1) is 18.8 Å². The largest absolute Gasteiger partial charge is 0.480 e. The van der Waals surface area contributed by atoms with Crippen molar-refractivity contribution in [1.29, 1.82) is 0 Å². The van der Waals surface area contributed by atoms with Crippen LogP contribution < -0.4 is 5.32 Å². The van der Waals surface area contributed by atoms with Gasteiger partial charge in [0.2, 0.25) is 0 Å². The van der Waals surface area contributed by atoms with Gasteiger partial charge >= 0.3 is 12.0 Å². The predicted octanol–water partition coefficient (Wildman–Crippen LogP) is 0.298. The van der Waals surface area contributed by atoms with E-state index in [1.54, 1.807) is 0 Å². The summed E-state index contributed by atoms with van der Waals surface area (Å²) in [6.07, 6.45) is 1.71. The van der Waals surface area contributed by atoms with Crippen molar-refractivity contribution in [3.63, 3.8) is 0 Å². The molecule has 1 aliphatic heterocycles. The van der Waals surface area contributed by atoms with Crippen molar-refractivity contribution >= 4 is 12.0 Å². The van der Waals surface area contributed by atoms with Crippen molar-refractivity contribution < 1.29 is 24.2 Å². The zero-order chi connectivity index (χ0) is 14.3. The zero-order valence-corrected chi connectivity index (χ0v) is 11.5. The van der Waals surface area contributed by atoms with Gasteiger partial charge in [-0.15, -0.1) is 0 Å². The molecule has 2 amide bonds. The number of ether oxygens (including phenoxy) is 2. The summed E-state index contributed by atoms with van der Waals surface area (Å²) in [4.78, 5) is 24.1. The topological polar surface area (TPSA) is 88.1 Å². The van der Waals surface area contributed by atoms with Gasteiger partial charge in [-0.1, -0.05) is 0 Å². The van der Waals surface area contributed by atoms with Crippen molar-refractivity contribution in [2.45, 2.75) is 25.3 Å². The van der Waals surface area contributed by atoms with E-state index in [2.05, 4.69) is 5.32 Å². The first-order valence-corrected chi connectivity index (χ1v) is 6.32. The maximum Gasteiger partial charge on any atom is 0.323 e. The molecule has 2 N–H and O–H groups in total. The summed E-state index contributed by atoms with van der Waals surface area (Å²) in [5.74, 6) is -1.05. The number of carbonyl (C=O) groups is 2. The summed E-state index contributed by atoms with van der Waals surface area (Å²) in [5.41, 5.74) is -0.431. The van der Waals surface area contributed by atoms with E-state index in [-0.39, 0.29) is 13.1 Å². The van der Waals surface area contributed by atoms with Crippen LogP contribution in [0.1, 0.15) is 19.8 Å². The number of carbonyl (C=O) groups excluding carboxylic acids is 1. The van der Waals surface area contributed by atoms with E-state index in [0.717, 1.165) is 12.8 Å². The SMILES string of the molecule is COCCN(CC(=O)O)C(=O)NC1(C)CCCOC1. The Morgan fingerprint density at radius 3 is 2.79 bits per heavy atom. The molecule has 19 heavy (non-hydrogen) atoms. The van der Waals surface area contributed by atoms with Crippen LogP contribution in [0.15, 0.2) is 0 Å². The molecule has 1 atom stereocenters. The molecule has 110 valence electrons. The molecule has 1 heterocycles. The summed E-state index contributed by atoms with van der Waals surface area (Å²) in [5, 5.41) is 11.7. The molecule has 0 bridgehead atoms. The molecule has 1 aliphatic rings. The number of aliphatic carboxylic acids is 1. The highest BCUT2D eigenvalue weighted by atomic mass is 16.5. The Morgan fingerprint density at radius 1 is 1.53 bits per heavy atom. The minimum atomic E-state index is -1.05. The van der Waals surface area contributed by atoms with Gasteiger partial charge in [-0.05, 0) is 19.8 Å². The molecule has 7 nitrogen and oxygen atoms in total. The lowest BCUT2D eigenvalue weighted by molar-refractivity contribution is -0.137. The molecule has 0 aromatic rings. The van der Waals surface area contributed by atoms with E-state index in [4.69, 9.17) is 14.6 Å². The summed E-state index contributed by atoms with van der Waals surface area (Å²) < 4.78 is 10.2. The number of carboxylic acids is 1. The molecule has 0 aromatic heterocycles. The molecule has 0 saturated carbocycles. The Balaban J connectivity index is 2.56. The Bertz CT molecular complexity index is 315. The smallest absolute Gasteiger partial charge is 0.323 e. The third kappa shape index (κ3) is 5.44. The molecule has 1 rings (SSSR count). The summed E-state index contributed by atoms with van der Waals surface area (Å²) in [7, 11) is 1.51. The monoisotopic (exact) mass is 274 g/mol. The predicted molar refractivity (Wildman–Crippen MR) is 68.1 cm³/mol. The molecule has 1 unspecified atom stereocenters. The second kappa shape index (κ2) is 7.30. The molecule has 0 aliphatic carbocycles. The maximum atomic E-state index is 12.1. The first-order valence-electron chi connectivity index (χ1n) is 6.32. The van der Waals surface area contributed by atoms with Crippen molar-refractivity contribution in [3.05, 3.63) is 0 Å². The fraction of sp³-hybridized carbons (Fsp3) is 0.833. The Hall–Kier alpha value is -1.34. The molecule has 0 spiro atoms. The number of nitrogens with one attached hydrogen (secondary N) is 1. The lowest BCUT2D eigenvalue weighted by Gasteiger charge is -2.36. The van der Waals surface area contributed by atoms with Gasteiger partial charge in [0.1, 0.15) is 6.54 Å². The van der Waals surface area contributed by atoms with E-state index < -0.39 is 17.5 Å². The number of methoxy groups -OCH3 is 1. The van der Waals surface area contributed by atoms with Crippen LogP contribution in [0, 0.1) is 0 Å². The van der Waals surface area contributed by atoms with Crippen LogP contribution >= 0.6 is 0 Å². The van der Waals surface area contributed by atoms with Crippen LogP contribution in [0.3, 0.4) is 0 Å². The van der Waals surface area contributed by atoms with Crippen LogP contribution in [0.2, 0.25) is 0 Å². The third-order valence-corrected chi connectivity index (χ3v) is 3.03. The Morgan fingerprint density at radius 2 is 2.26 bits per heavy atom. The number of carboxylic acid groups (broad SMARTS) is 1. The standard InChI is InChI=1S/C12H22N2O5/c1-12(4-3-6-19-9-12)13-11(17)14(5-7-18-2)8-10(15)16/h3-9H2,1-2H3,(H,13,17)(H,15,16). The lowest BCUT2D eigenvalue weighted by atomic mass is 9.95. The van der Waals surface area contributed by atoms with Gasteiger partial charge < -0.3 is 24.8 Å². The average molecular weight is 274 g/mol. The molecule has 0 aromatic carbocycles. The normalized spacial score (nSPS) is 22.8. The van der Waals surface area contributed by atoms with Crippen LogP contribution in [0.4, 0.5) is 4.79 Å². The highest BCUT2D eigenvalue weighted by Crippen LogP contribution is 2.18. The second-order valence-corrected chi connectivity index (χ2v) is 4.96. The fourth-order valence-corrected chi connectivity index (χ4v) is 1.99. The second-order valence-electron chi connectivity index (χ2n) is 4.96. The first-order chi connectivity index (χ1) is 8.97. The summed E-state index contributed by atoms with van der Waals surface area (Å²) in [6, 6.07) is -0.396. The molecule has 0 radical (unpaired) electrons. The minimum Gasteiger partial charge on any atom is -0.480 e. The van der Waals surface area contributed by atoms with Crippen molar-refractivity contribution in [1.82, 2.24) is 10.2 Å². The number of rotatable bonds is 6. The zero-order valence-electron chi connectivity index (χ0n) is 11.5. The molecular formula is C12H22N2O5. The molecule has 7 heteroatoms. The number of hydrogen-bond acceptors (Lipinski definition) is 4. The highest BCUT2D eigenvalue weighted by Gasteiger charge is 2.31. The van der Waals surface area contributed by atoms with E-state index in [1.807, 2.05) is 6.92 Å². The summed E-state index contributed by atoms with van der Waals surface area (Å²) in [6.45, 7) is 3.25. The van der Waals surface area contributed by atoms with E-state index in [1.165, 1.54) is 12.0 Å². The van der Waals surface area contributed by atoms with Gasteiger partial charge in [-0.2, -0.15) is 0 Å². The minimum absolute atomic E-state index is 0.242. The van der Waals surface area contributed by atoms with Crippen LogP contribution in [-0.4, -0.2) is 67.6 Å². The van der Waals surface area contributed by atoms with Crippen molar-refractivity contribution in [3.8, 4) is 0 Å². The number of nitrogens with zero attached hydrogens (tertiary/aromatic N) is 1. The molecule has 1 saturated heterocycles. The fourth-order valence-electron chi connectivity index (χ4n) is 1.99. The average Bonchev–Trinajstić information content (AvgIpc) is 2.34. The van der Waals surface area contributed by atoms with Crippen molar-refractivity contribution in [2.24, 2.45) is 0 Å². The van der Waals surface area contributed by atoms with Crippen LogP contribution in [0.25, 0.3) is 0 Å². The Labute approximate surface area is 112 Å². The van der Waals surface area contributed by atoms with Gasteiger partial charge in [0, 0.05) is 20.3 Å². The third-order valence-electron chi connectivity index (χ3n) is 3.03. The van der Waals surface area contributed by atoms with Crippen LogP contribution in [-0.2, 0) is 14.3 Å². The first kappa shape index (κ1) is 15.7. The summed E-state index contributed by atoms with van der Waals surface area (Å²) >= 11 is 0. The highest BCUT2D eigenvalue weighted by molar-refractivity contribution is 5.80. The number of urea groups is 1. The molecule has 1 fully saturated rings. The number of amides is 2. The van der Waals surface area contributed by atoms with E-state index in [9.17, 15) is 9.59 Å². The van der Waals surface area contributed by atoms with Crippen LogP contribution in [0.5, 0.6) is 0 Å². The van der Waals surface area contributed by atoms with Crippen molar-refractivity contribution in [2.75, 3.05) is 40.0 Å². The van der Waals surface area contributed by atoms with E-state index in [0.29, 0.717) is 19.8 Å². The van der Waals surface area contributed by atoms with E-state index >= 15 is 0 Å². The van der Waals surface area contributed by atoms with Gasteiger partial charge in [0.25, 0.3) is 0 Å². The molecular weight excluding hydrogens is 252 g/mol. The number of hydrogen-bond donors (Lipinski definition) is 2. The van der Waals surface area contributed by atoms with Gasteiger partial charge in [0.15, 0.2) is 0 Å². The van der Waals surface area contributed by atoms with Gasteiger partial charge in [-0.25, -0.2) is 4.79 Å². The quantitative estimate of drug-likeness (QED) is 0.727. The van der Waals surface area contributed by atoms with Gasteiger partial charge in [-0.3, -0.25) is 4.79 Å². The lowest BCUT2D eigenvalue weighted by Crippen LogP contribution is -2.56. The Kier molecular flexibility index (Phi) is 6.04. The maximum absolute atomic E-state index is 12.1.